The SMILES string of the molecule is CC(C)CC(=O)N(Cc1nccn1Cc1ccc(Cl)cc1Cl)CC(C)C. The average molecular weight is 396 g/mol. The smallest absolute Gasteiger partial charge is 0.223 e. The van der Waals surface area contributed by atoms with E-state index in [4.69, 9.17) is 23.2 Å². The number of aromatic nitrogens is 2. The Morgan fingerprint density at radius 1 is 1.19 bits per heavy atom. The van der Waals surface area contributed by atoms with Crippen molar-refractivity contribution in [2.45, 2.75) is 47.2 Å². The van der Waals surface area contributed by atoms with Crippen molar-refractivity contribution in [3.63, 3.8) is 0 Å². The van der Waals surface area contributed by atoms with Crippen molar-refractivity contribution in [2.75, 3.05) is 6.54 Å². The third-order valence-corrected chi connectivity index (χ3v) is 4.60. The molecule has 0 unspecified atom stereocenters. The zero-order valence-corrected chi connectivity index (χ0v) is 17.4. The maximum atomic E-state index is 12.6. The highest BCUT2D eigenvalue weighted by atomic mass is 35.5. The van der Waals surface area contributed by atoms with E-state index in [0.29, 0.717) is 41.4 Å². The van der Waals surface area contributed by atoms with Crippen LogP contribution in [0.1, 0.15) is 45.5 Å². The van der Waals surface area contributed by atoms with E-state index < -0.39 is 0 Å². The third-order valence-electron chi connectivity index (χ3n) is 4.01. The monoisotopic (exact) mass is 395 g/mol. The molecule has 4 nitrogen and oxygen atoms in total. The molecule has 0 fully saturated rings. The quantitative estimate of drug-likeness (QED) is 0.610. The summed E-state index contributed by atoms with van der Waals surface area (Å²) >= 11 is 12.3. The van der Waals surface area contributed by atoms with Crippen molar-refractivity contribution in [3.8, 4) is 0 Å². The van der Waals surface area contributed by atoms with Gasteiger partial charge in [0.25, 0.3) is 0 Å². The summed E-state index contributed by atoms with van der Waals surface area (Å²) in [6.45, 7) is 10.2. The molecule has 0 atom stereocenters. The summed E-state index contributed by atoms with van der Waals surface area (Å²) in [5.74, 6) is 1.77. The molecule has 0 saturated heterocycles. The molecule has 6 heteroatoms. The van der Waals surface area contributed by atoms with Gasteiger partial charge in [-0.3, -0.25) is 4.79 Å². The first kappa shape index (κ1) is 20.8. The number of nitrogens with zero attached hydrogens (tertiary/aromatic N) is 3. The standard InChI is InChI=1S/C20H27Cl2N3O/c1-14(2)9-20(26)25(11-15(3)4)13-19-23-7-8-24(19)12-16-5-6-17(21)10-18(16)22/h5-8,10,14-15H,9,11-13H2,1-4H3. The molecule has 0 N–H and O–H groups in total. The Labute approximate surface area is 166 Å². The molecule has 0 radical (unpaired) electrons. The molecule has 1 aromatic carbocycles. The molecule has 1 amide bonds. The number of imidazole rings is 1. The number of carbonyl (C=O) groups is 1. The summed E-state index contributed by atoms with van der Waals surface area (Å²) in [6.07, 6.45) is 4.23. The zero-order valence-electron chi connectivity index (χ0n) is 15.9. The predicted octanol–water partition coefficient (Wildman–Crippen LogP) is 5.27. The molecule has 26 heavy (non-hydrogen) atoms. The molecular weight excluding hydrogens is 369 g/mol. The van der Waals surface area contributed by atoms with Gasteiger partial charge in [-0.2, -0.15) is 0 Å². The van der Waals surface area contributed by atoms with Crippen LogP contribution in [0.15, 0.2) is 30.6 Å². The molecular formula is C20H27Cl2N3O. The first-order valence-electron chi connectivity index (χ1n) is 8.98. The highest BCUT2D eigenvalue weighted by Gasteiger charge is 2.19. The topological polar surface area (TPSA) is 38.1 Å². The van der Waals surface area contributed by atoms with Crippen LogP contribution in [0, 0.1) is 11.8 Å². The lowest BCUT2D eigenvalue weighted by Gasteiger charge is -2.25. The molecule has 0 aliphatic carbocycles. The van der Waals surface area contributed by atoms with Gasteiger partial charge in [-0.25, -0.2) is 4.98 Å². The fraction of sp³-hybridized carbons (Fsp3) is 0.500. The molecule has 1 aromatic heterocycles. The molecule has 0 aliphatic heterocycles. The third kappa shape index (κ3) is 6.03. The largest absolute Gasteiger partial charge is 0.335 e. The van der Waals surface area contributed by atoms with E-state index in [9.17, 15) is 4.79 Å². The second-order valence-corrected chi connectivity index (χ2v) is 8.32. The lowest BCUT2D eigenvalue weighted by atomic mass is 10.1. The van der Waals surface area contributed by atoms with Gasteiger partial charge < -0.3 is 9.47 Å². The number of hydrogen-bond acceptors (Lipinski definition) is 2. The van der Waals surface area contributed by atoms with Crippen LogP contribution in [0.3, 0.4) is 0 Å². The Morgan fingerprint density at radius 3 is 2.54 bits per heavy atom. The predicted molar refractivity (Wildman–Crippen MR) is 108 cm³/mol. The van der Waals surface area contributed by atoms with Crippen molar-refractivity contribution >= 4 is 29.1 Å². The van der Waals surface area contributed by atoms with Crippen molar-refractivity contribution < 1.29 is 4.79 Å². The van der Waals surface area contributed by atoms with E-state index in [1.165, 1.54) is 0 Å². The minimum absolute atomic E-state index is 0.174. The average Bonchev–Trinajstić information content (AvgIpc) is 2.95. The van der Waals surface area contributed by atoms with Crippen LogP contribution in [-0.2, 0) is 17.9 Å². The number of amides is 1. The zero-order chi connectivity index (χ0) is 19.3. The van der Waals surface area contributed by atoms with E-state index in [0.717, 1.165) is 17.9 Å². The minimum atomic E-state index is 0.174. The second-order valence-electron chi connectivity index (χ2n) is 7.47. The number of hydrogen-bond donors (Lipinski definition) is 0. The van der Waals surface area contributed by atoms with Crippen LogP contribution in [-0.4, -0.2) is 26.9 Å². The van der Waals surface area contributed by atoms with E-state index >= 15 is 0 Å². The first-order chi connectivity index (χ1) is 12.3. The number of benzene rings is 1. The number of halogens is 2. The Bertz CT molecular complexity index is 740. The molecule has 0 aliphatic rings. The number of rotatable bonds is 8. The van der Waals surface area contributed by atoms with Crippen LogP contribution >= 0.6 is 23.2 Å². The highest BCUT2D eigenvalue weighted by Crippen LogP contribution is 2.22. The molecule has 0 spiro atoms. The normalized spacial score (nSPS) is 11.4. The van der Waals surface area contributed by atoms with Crippen molar-refractivity contribution in [1.82, 2.24) is 14.5 Å². The first-order valence-corrected chi connectivity index (χ1v) is 9.73. The molecule has 0 saturated carbocycles. The summed E-state index contributed by atoms with van der Waals surface area (Å²) in [6, 6.07) is 5.49. The van der Waals surface area contributed by atoms with E-state index in [1.54, 1.807) is 12.3 Å². The van der Waals surface area contributed by atoms with Gasteiger partial charge in [0.2, 0.25) is 5.91 Å². The maximum absolute atomic E-state index is 12.6. The van der Waals surface area contributed by atoms with Gasteiger partial charge in [0.05, 0.1) is 13.1 Å². The van der Waals surface area contributed by atoms with E-state index in [-0.39, 0.29) is 5.91 Å². The Morgan fingerprint density at radius 2 is 1.92 bits per heavy atom. The van der Waals surface area contributed by atoms with Crippen LogP contribution < -0.4 is 0 Å². The van der Waals surface area contributed by atoms with Gasteiger partial charge in [0.15, 0.2) is 0 Å². The molecule has 2 rings (SSSR count). The fourth-order valence-electron chi connectivity index (χ4n) is 2.81. The highest BCUT2D eigenvalue weighted by molar-refractivity contribution is 6.35. The Hall–Kier alpha value is -1.52. The van der Waals surface area contributed by atoms with Crippen molar-refractivity contribution in [1.29, 1.82) is 0 Å². The van der Waals surface area contributed by atoms with Gasteiger partial charge in [-0.05, 0) is 29.5 Å². The second kappa shape index (κ2) is 9.43. The molecule has 0 bridgehead atoms. The number of carbonyl (C=O) groups excluding carboxylic acids is 1. The van der Waals surface area contributed by atoms with Crippen molar-refractivity contribution in [2.24, 2.45) is 11.8 Å². The van der Waals surface area contributed by atoms with Gasteiger partial charge in [0, 0.05) is 35.4 Å². The van der Waals surface area contributed by atoms with Gasteiger partial charge in [-0.15, -0.1) is 0 Å². The summed E-state index contributed by atoms with van der Waals surface area (Å²) in [4.78, 5) is 19.0. The summed E-state index contributed by atoms with van der Waals surface area (Å²) in [5, 5.41) is 1.25. The van der Waals surface area contributed by atoms with Gasteiger partial charge in [-0.1, -0.05) is 57.0 Å². The summed E-state index contributed by atoms with van der Waals surface area (Å²) < 4.78 is 2.03. The lowest BCUT2D eigenvalue weighted by molar-refractivity contribution is -0.133. The van der Waals surface area contributed by atoms with Gasteiger partial charge >= 0.3 is 0 Å². The summed E-state index contributed by atoms with van der Waals surface area (Å²) in [7, 11) is 0. The lowest BCUT2D eigenvalue weighted by Crippen LogP contribution is -2.35. The minimum Gasteiger partial charge on any atom is -0.335 e. The maximum Gasteiger partial charge on any atom is 0.223 e. The van der Waals surface area contributed by atoms with E-state index in [2.05, 4.69) is 32.7 Å². The van der Waals surface area contributed by atoms with Crippen LogP contribution in [0.5, 0.6) is 0 Å². The Kier molecular flexibility index (Phi) is 7.54. The van der Waals surface area contributed by atoms with Crippen LogP contribution in [0.25, 0.3) is 0 Å². The summed E-state index contributed by atoms with van der Waals surface area (Å²) in [5.41, 5.74) is 0.972. The Balaban J connectivity index is 2.17. The van der Waals surface area contributed by atoms with Crippen LogP contribution in [0.2, 0.25) is 10.0 Å². The van der Waals surface area contributed by atoms with E-state index in [1.807, 2.05) is 27.8 Å². The van der Waals surface area contributed by atoms with Crippen LogP contribution in [0.4, 0.5) is 0 Å². The fourth-order valence-corrected chi connectivity index (χ4v) is 3.28. The van der Waals surface area contributed by atoms with Crippen molar-refractivity contribution in [3.05, 3.63) is 52.0 Å². The van der Waals surface area contributed by atoms with Gasteiger partial charge in [0.1, 0.15) is 5.82 Å². The molecule has 142 valence electrons. The molecule has 1 heterocycles. The molecule has 2 aromatic rings.